The summed E-state index contributed by atoms with van der Waals surface area (Å²) in [6, 6.07) is 3.93. The van der Waals surface area contributed by atoms with Crippen LogP contribution in [0.15, 0.2) is 17.5 Å². The fraction of sp³-hybridized carbons (Fsp3) is 0.462. The van der Waals surface area contributed by atoms with Gasteiger partial charge in [-0.2, -0.15) is 0 Å². The summed E-state index contributed by atoms with van der Waals surface area (Å²) in [4.78, 5) is 6.63. The van der Waals surface area contributed by atoms with Crippen LogP contribution in [0.25, 0.3) is 0 Å². The molecule has 3 nitrogen and oxygen atoms in total. The molecule has 0 bridgehead atoms. The van der Waals surface area contributed by atoms with Crippen LogP contribution in [0.1, 0.15) is 27.4 Å². The quantitative estimate of drug-likeness (QED) is 0.886. The van der Waals surface area contributed by atoms with Crippen LogP contribution in [-0.2, 0) is 12.1 Å². The number of thiazole rings is 1. The van der Waals surface area contributed by atoms with E-state index in [1.807, 2.05) is 38.3 Å². The van der Waals surface area contributed by atoms with Crippen LogP contribution in [0.4, 0.5) is 0 Å². The fourth-order valence-electron chi connectivity index (χ4n) is 1.83. The van der Waals surface area contributed by atoms with Crippen molar-refractivity contribution in [2.45, 2.75) is 32.9 Å². The third kappa shape index (κ3) is 3.17. The minimum absolute atomic E-state index is 0.546. The number of thiophene rings is 1. The molecule has 2 N–H and O–H groups in total. The van der Waals surface area contributed by atoms with Gasteiger partial charge < -0.3 is 10.4 Å². The molecule has 0 radical (unpaired) electrons. The number of aryl methyl sites for hydroxylation is 2. The maximum atomic E-state index is 10.4. The average Bonchev–Trinajstić information content (AvgIpc) is 2.89. The molecule has 18 heavy (non-hydrogen) atoms. The second-order valence-electron chi connectivity index (χ2n) is 4.60. The van der Waals surface area contributed by atoms with Crippen molar-refractivity contribution in [3.63, 3.8) is 0 Å². The van der Waals surface area contributed by atoms with Gasteiger partial charge in [-0.3, -0.25) is 0 Å². The van der Waals surface area contributed by atoms with Crippen molar-refractivity contribution in [1.82, 2.24) is 10.3 Å². The van der Waals surface area contributed by atoms with Gasteiger partial charge in [0.15, 0.2) is 0 Å². The van der Waals surface area contributed by atoms with Crippen LogP contribution >= 0.6 is 22.7 Å². The molecule has 0 saturated carbocycles. The summed E-state index contributed by atoms with van der Waals surface area (Å²) >= 11 is 3.29. The minimum Gasteiger partial charge on any atom is -0.383 e. The lowest BCUT2D eigenvalue weighted by molar-refractivity contribution is 0.0605. The normalized spacial score (nSPS) is 14.7. The van der Waals surface area contributed by atoms with Crippen LogP contribution in [0.2, 0.25) is 0 Å². The van der Waals surface area contributed by atoms with Gasteiger partial charge >= 0.3 is 0 Å². The molecule has 0 spiro atoms. The first-order chi connectivity index (χ1) is 8.49. The number of rotatable bonds is 5. The van der Waals surface area contributed by atoms with E-state index in [1.54, 1.807) is 22.7 Å². The predicted octanol–water partition coefficient (Wildman–Crippen LogP) is 2.82. The zero-order valence-corrected chi connectivity index (χ0v) is 12.5. The molecule has 2 heterocycles. The van der Waals surface area contributed by atoms with Gasteiger partial charge in [-0.1, -0.05) is 6.07 Å². The Morgan fingerprint density at radius 1 is 1.44 bits per heavy atom. The Hall–Kier alpha value is -0.750. The lowest BCUT2D eigenvalue weighted by Crippen LogP contribution is -2.34. The summed E-state index contributed by atoms with van der Waals surface area (Å²) in [6.45, 7) is 7.19. The van der Waals surface area contributed by atoms with Gasteiger partial charge in [0.25, 0.3) is 0 Å². The number of hydrogen-bond donors (Lipinski definition) is 2. The molecule has 0 aliphatic carbocycles. The van der Waals surface area contributed by atoms with Gasteiger partial charge in [-0.25, -0.2) is 4.98 Å². The SMILES string of the molecule is Cc1nc(C)c(CNCC(C)(O)c2cccs2)s1. The summed E-state index contributed by atoms with van der Waals surface area (Å²) in [7, 11) is 0. The second-order valence-corrected chi connectivity index (χ2v) is 6.83. The first kappa shape index (κ1) is 13.7. The standard InChI is InChI=1S/C13H18N2OS2/c1-9-11(18-10(2)15-9)7-14-8-13(3,16)12-5-4-6-17-12/h4-6,14,16H,7-8H2,1-3H3. The fourth-order valence-corrected chi connectivity index (χ4v) is 3.52. The van der Waals surface area contributed by atoms with Crippen molar-refractivity contribution in [1.29, 1.82) is 0 Å². The molecular weight excluding hydrogens is 264 g/mol. The first-order valence-electron chi connectivity index (χ1n) is 5.89. The molecule has 0 amide bonds. The van der Waals surface area contributed by atoms with E-state index in [4.69, 9.17) is 0 Å². The number of nitrogens with zero attached hydrogens (tertiary/aromatic N) is 1. The summed E-state index contributed by atoms with van der Waals surface area (Å²) < 4.78 is 0. The molecule has 2 aromatic heterocycles. The smallest absolute Gasteiger partial charge is 0.108 e. The van der Waals surface area contributed by atoms with Gasteiger partial charge in [0.1, 0.15) is 5.60 Å². The summed E-state index contributed by atoms with van der Waals surface area (Å²) in [6.07, 6.45) is 0. The van der Waals surface area contributed by atoms with Gasteiger partial charge in [0.05, 0.1) is 10.7 Å². The molecule has 0 saturated heterocycles. The Bertz CT molecular complexity index is 503. The van der Waals surface area contributed by atoms with E-state index in [9.17, 15) is 5.11 Å². The summed E-state index contributed by atoms with van der Waals surface area (Å²) in [5.41, 5.74) is 0.280. The minimum atomic E-state index is -0.804. The molecule has 0 aliphatic rings. The van der Waals surface area contributed by atoms with E-state index in [-0.39, 0.29) is 0 Å². The van der Waals surface area contributed by atoms with Gasteiger partial charge in [-0.15, -0.1) is 22.7 Å². The van der Waals surface area contributed by atoms with Crippen molar-refractivity contribution in [3.05, 3.63) is 38.0 Å². The highest BCUT2D eigenvalue weighted by molar-refractivity contribution is 7.11. The Labute approximate surface area is 116 Å². The third-order valence-electron chi connectivity index (χ3n) is 2.81. The van der Waals surface area contributed by atoms with Gasteiger partial charge in [0.2, 0.25) is 0 Å². The first-order valence-corrected chi connectivity index (χ1v) is 7.58. The Balaban J connectivity index is 1.91. The highest BCUT2D eigenvalue weighted by Crippen LogP contribution is 2.24. The summed E-state index contributed by atoms with van der Waals surface area (Å²) in [5.74, 6) is 0. The van der Waals surface area contributed by atoms with Crippen molar-refractivity contribution < 1.29 is 5.11 Å². The Kier molecular flexibility index (Phi) is 4.17. The van der Waals surface area contributed by atoms with Crippen molar-refractivity contribution >= 4 is 22.7 Å². The van der Waals surface area contributed by atoms with Crippen molar-refractivity contribution in [3.8, 4) is 0 Å². The predicted molar refractivity (Wildman–Crippen MR) is 77.2 cm³/mol. The maximum absolute atomic E-state index is 10.4. The molecular formula is C13H18N2OS2. The zero-order valence-electron chi connectivity index (χ0n) is 10.9. The molecule has 1 unspecified atom stereocenters. The molecule has 1 atom stereocenters. The lowest BCUT2D eigenvalue weighted by Gasteiger charge is -2.22. The number of nitrogens with one attached hydrogen (secondary N) is 1. The van der Waals surface area contributed by atoms with Crippen LogP contribution in [0.5, 0.6) is 0 Å². The monoisotopic (exact) mass is 282 g/mol. The molecule has 0 fully saturated rings. The number of hydrogen-bond acceptors (Lipinski definition) is 5. The van der Waals surface area contributed by atoms with E-state index >= 15 is 0 Å². The average molecular weight is 282 g/mol. The van der Waals surface area contributed by atoms with E-state index < -0.39 is 5.60 Å². The molecule has 0 aliphatic heterocycles. The second kappa shape index (κ2) is 5.48. The zero-order chi connectivity index (χ0) is 13.2. The maximum Gasteiger partial charge on any atom is 0.108 e. The Morgan fingerprint density at radius 2 is 2.22 bits per heavy atom. The van der Waals surface area contributed by atoms with E-state index in [1.165, 1.54) is 4.88 Å². The Morgan fingerprint density at radius 3 is 2.78 bits per heavy atom. The van der Waals surface area contributed by atoms with Gasteiger partial charge in [-0.05, 0) is 32.2 Å². The van der Waals surface area contributed by atoms with E-state index in [0.717, 1.165) is 22.1 Å². The largest absolute Gasteiger partial charge is 0.383 e. The van der Waals surface area contributed by atoms with E-state index in [2.05, 4.69) is 10.3 Å². The third-order valence-corrected chi connectivity index (χ3v) is 5.00. The summed E-state index contributed by atoms with van der Waals surface area (Å²) in [5, 5.41) is 16.8. The molecule has 2 aromatic rings. The molecule has 0 aromatic carbocycles. The van der Waals surface area contributed by atoms with Crippen LogP contribution < -0.4 is 5.32 Å². The van der Waals surface area contributed by atoms with Crippen molar-refractivity contribution in [2.75, 3.05) is 6.54 Å². The van der Waals surface area contributed by atoms with Crippen molar-refractivity contribution in [2.24, 2.45) is 0 Å². The van der Waals surface area contributed by atoms with Crippen LogP contribution in [0, 0.1) is 13.8 Å². The van der Waals surface area contributed by atoms with Crippen LogP contribution in [-0.4, -0.2) is 16.6 Å². The van der Waals surface area contributed by atoms with Crippen LogP contribution in [0.3, 0.4) is 0 Å². The highest BCUT2D eigenvalue weighted by atomic mass is 32.1. The number of aliphatic hydroxyl groups is 1. The lowest BCUT2D eigenvalue weighted by atomic mass is 10.1. The number of aromatic nitrogens is 1. The highest BCUT2D eigenvalue weighted by Gasteiger charge is 2.23. The molecule has 5 heteroatoms. The van der Waals surface area contributed by atoms with Gasteiger partial charge in [0, 0.05) is 22.8 Å². The molecule has 2 rings (SSSR count). The topological polar surface area (TPSA) is 45.2 Å². The molecule has 98 valence electrons. The van der Waals surface area contributed by atoms with E-state index in [0.29, 0.717) is 6.54 Å².